The third kappa shape index (κ3) is 3.53. The number of hydrogen-bond acceptors (Lipinski definition) is 4. The van der Waals surface area contributed by atoms with Crippen LogP contribution in [0, 0.1) is 0 Å². The van der Waals surface area contributed by atoms with E-state index in [2.05, 4.69) is 4.98 Å². The lowest BCUT2D eigenvalue weighted by Gasteiger charge is -2.07. The topological polar surface area (TPSA) is 68.7 Å². The van der Waals surface area contributed by atoms with E-state index in [0.717, 1.165) is 5.56 Å². The number of nitrogens with zero attached hydrogens (tertiary/aromatic N) is 1. The van der Waals surface area contributed by atoms with Gasteiger partial charge in [0.25, 0.3) is 0 Å². The highest BCUT2D eigenvalue weighted by molar-refractivity contribution is 5.85. The average Bonchev–Trinajstić information content (AvgIpc) is 2.40. The molecule has 1 aromatic heterocycles. The van der Waals surface area contributed by atoms with Crippen molar-refractivity contribution >= 4 is 5.97 Å². The van der Waals surface area contributed by atoms with E-state index in [-0.39, 0.29) is 5.69 Å². The fraction of sp³-hybridized carbons (Fsp3) is 0.143. The molecule has 0 atom stereocenters. The number of aromatic nitrogens is 1. The molecule has 0 aliphatic carbocycles. The van der Waals surface area contributed by atoms with Gasteiger partial charge in [0.15, 0.2) is 0 Å². The number of carbonyl (C=O) groups is 1. The van der Waals surface area contributed by atoms with Gasteiger partial charge in [-0.05, 0) is 29.8 Å². The quantitative estimate of drug-likeness (QED) is 0.894. The standard InChI is InChI=1S/C14H13NO4/c1-18-9-10-3-2-4-11(7-10)19-12-5-6-13(14(16)17)15-8-12/h2-8H,9H2,1H3,(H,16,17). The fourth-order valence-corrected chi connectivity index (χ4v) is 1.57. The summed E-state index contributed by atoms with van der Waals surface area (Å²) in [5.41, 5.74) is 0.982. The number of methoxy groups -OCH3 is 1. The molecular formula is C14H13NO4. The van der Waals surface area contributed by atoms with Gasteiger partial charge in [-0.1, -0.05) is 12.1 Å². The summed E-state index contributed by atoms with van der Waals surface area (Å²) >= 11 is 0. The maximum Gasteiger partial charge on any atom is 0.354 e. The Labute approximate surface area is 110 Å². The first-order valence-electron chi connectivity index (χ1n) is 5.64. The molecule has 0 fully saturated rings. The molecule has 0 spiro atoms. The Hall–Kier alpha value is -2.40. The van der Waals surface area contributed by atoms with Crippen molar-refractivity contribution < 1.29 is 19.4 Å². The van der Waals surface area contributed by atoms with Crippen LogP contribution in [0.1, 0.15) is 16.1 Å². The minimum absolute atomic E-state index is 0.0134. The fourth-order valence-electron chi connectivity index (χ4n) is 1.57. The van der Waals surface area contributed by atoms with Crippen LogP contribution in [0.15, 0.2) is 42.6 Å². The van der Waals surface area contributed by atoms with Crippen LogP contribution in [-0.4, -0.2) is 23.2 Å². The summed E-state index contributed by atoms with van der Waals surface area (Å²) in [4.78, 5) is 14.5. The Bertz CT molecular complexity index is 566. The first-order chi connectivity index (χ1) is 9.19. The van der Waals surface area contributed by atoms with Crippen molar-refractivity contribution in [1.82, 2.24) is 4.98 Å². The molecule has 0 unspecified atom stereocenters. The van der Waals surface area contributed by atoms with Gasteiger partial charge in [0.1, 0.15) is 17.2 Å². The Morgan fingerprint density at radius 2 is 2.11 bits per heavy atom. The van der Waals surface area contributed by atoms with Gasteiger partial charge in [0.2, 0.25) is 0 Å². The highest BCUT2D eigenvalue weighted by atomic mass is 16.5. The third-order valence-electron chi connectivity index (χ3n) is 2.40. The summed E-state index contributed by atoms with van der Waals surface area (Å²) in [6.07, 6.45) is 1.38. The smallest absolute Gasteiger partial charge is 0.354 e. The first kappa shape index (κ1) is 13.0. The lowest BCUT2D eigenvalue weighted by molar-refractivity contribution is 0.0690. The molecule has 5 nitrogen and oxygen atoms in total. The highest BCUT2D eigenvalue weighted by Gasteiger charge is 2.05. The van der Waals surface area contributed by atoms with E-state index in [9.17, 15) is 4.79 Å². The van der Waals surface area contributed by atoms with Crippen LogP contribution in [-0.2, 0) is 11.3 Å². The lowest BCUT2D eigenvalue weighted by Crippen LogP contribution is -1.99. The number of carboxylic acids is 1. The van der Waals surface area contributed by atoms with Gasteiger partial charge in [-0.3, -0.25) is 0 Å². The lowest BCUT2D eigenvalue weighted by atomic mass is 10.2. The number of carboxylic acid groups (broad SMARTS) is 1. The molecule has 19 heavy (non-hydrogen) atoms. The number of benzene rings is 1. The minimum atomic E-state index is -1.06. The SMILES string of the molecule is COCc1cccc(Oc2ccc(C(=O)O)nc2)c1. The van der Waals surface area contributed by atoms with Gasteiger partial charge < -0.3 is 14.6 Å². The molecule has 2 rings (SSSR count). The van der Waals surface area contributed by atoms with Gasteiger partial charge in [-0.2, -0.15) is 0 Å². The van der Waals surface area contributed by atoms with Crippen LogP contribution in [0.3, 0.4) is 0 Å². The van der Waals surface area contributed by atoms with Crippen LogP contribution >= 0.6 is 0 Å². The van der Waals surface area contributed by atoms with Crippen molar-refractivity contribution in [3.63, 3.8) is 0 Å². The summed E-state index contributed by atoms with van der Waals surface area (Å²) in [6.45, 7) is 0.507. The molecule has 0 amide bonds. The number of hydrogen-bond donors (Lipinski definition) is 1. The Balaban J connectivity index is 2.12. The molecule has 5 heteroatoms. The summed E-state index contributed by atoms with van der Waals surface area (Å²) in [6, 6.07) is 10.4. The van der Waals surface area contributed by atoms with E-state index in [4.69, 9.17) is 14.6 Å². The molecule has 0 bridgehead atoms. The van der Waals surface area contributed by atoms with Crippen molar-refractivity contribution in [3.8, 4) is 11.5 Å². The molecular weight excluding hydrogens is 246 g/mol. The Morgan fingerprint density at radius 1 is 1.26 bits per heavy atom. The average molecular weight is 259 g/mol. The van der Waals surface area contributed by atoms with E-state index < -0.39 is 5.97 Å². The second-order valence-electron chi connectivity index (χ2n) is 3.87. The van der Waals surface area contributed by atoms with Crippen LogP contribution < -0.4 is 4.74 Å². The molecule has 0 saturated heterocycles. The predicted octanol–water partition coefficient (Wildman–Crippen LogP) is 2.72. The Kier molecular flexibility index (Phi) is 4.10. The zero-order valence-corrected chi connectivity index (χ0v) is 10.4. The zero-order valence-electron chi connectivity index (χ0n) is 10.4. The normalized spacial score (nSPS) is 10.2. The monoisotopic (exact) mass is 259 g/mol. The minimum Gasteiger partial charge on any atom is -0.477 e. The van der Waals surface area contributed by atoms with Crippen molar-refractivity contribution in [2.75, 3.05) is 7.11 Å². The molecule has 1 aromatic carbocycles. The van der Waals surface area contributed by atoms with E-state index in [1.165, 1.54) is 12.3 Å². The summed E-state index contributed by atoms with van der Waals surface area (Å²) in [7, 11) is 1.63. The molecule has 2 aromatic rings. The van der Waals surface area contributed by atoms with Crippen LogP contribution in [0.2, 0.25) is 0 Å². The number of rotatable bonds is 5. The van der Waals surface area contributed by atoms with E-state index in [1.807, 2.05) is 24.3 Å². The number of ether oxygens (including phenoxy) is 2. The molecule has 98 valence electrons. The molecule has 1 N–H and O–H groups in total. The first-order valence-corrected chi connectivity index (χ1v) is 5.64. The van der Waals surface area contributed by atoms with Crippen LogP contribution in [0.25, 0.3) is 0 Å². The van der Waals surface area contributed by atoms with Crippen LogP contribution in [0.5, 0.6) is 11.5 Å². The largest absolute Gasteiger partial charge is 0.477 e. The molecule has 0 saturated carbocycles. The molecule has 0 radical (unpaired) electrons. The Morgan fingerprint density at radius 3 is 2.74 bits per heavy atom. The van der Waals surface area contributed by atoms with E-state index >= 15 is 0 Å². The maximum absolute atomic E-state index is 10.7. The summed E-state index contributed by atoms with van der Waals surface area (Å²) < 4.78 is 10.6. The van der Waals surface area contributed by atoms with Crippen molar-refractivity contribution in [1.29, 1.82) is 0 Å². The van der Waals surface area contributed by atoms with E-state index in [0.29, 0.717) is 18.1 Å². The number of pyridine rings is 1. The van der Waals surface area contributed by atoms with Gasteiger partial charge >= 0.3 is 5.97 Å². The second kappa shape index (κ2) is 5.97. The van der Waals surface area contributed by atoms with Gasteiger partial charge in [0, 0.05) is 7.11 Å². The van der Waals surface area contributed by atoms with Gasteiger partial charge in [-0.15, -0.1) is 0 Å². The highest BCUT2D eigenvalue weighted by Crippen LogP contribution is 2.21. The van der Waals surface area contributed by atoms with Gasteiger partial charge in [-0.25, -0.2) is 9.78 Å². The number of aromatic carboxylic acids is 1. The second-order valence-corrected chi connectivity index (χ2v) is 3.87. The van der Waals surface area contributed by atoms with Crippen molar-refractivity contribution in [3.05, 3.63) is 53.9 Å². The van der Waals surface area contributed by atoms with Crippen molar-refractivity contribution in [2.45, 2.75) is 6.61 Å². The zero-order chi connectivity index (χ0) is 13.7. The summed E-state index contributed by atoms with van der Waals surface area (Å²) in [5.74, 6) is 0.0765. The predicted molar refractivity (Wildman–Crippen MR) is 68.4 cm³/mol. The van der Waals surface area contributed by atoms with E-state index in [1.54, 1.807) is 13.2 Å². The van der Waals surface area contributed by atoms with Crippen molar-refractivity contribution in [2.24, 2.45) is 0 Å². The van der Waals surface area contributed by atoms with Crippen LogP contribution in [0.4, 0.5) is 0 Å². The maximum atomic E-state index is 10.7. The third-order valence-corrected chi connectivity index (χ3v) is 2.40. The van der Waals surface area contributed by atoms with Gasteiger partial charge in [0.05, 0.1) is 12.8 Å². The molecule has 0 aliphatic rings. The molecule has 1 heterocycles. The summed E-state index contributed by atoms with van der Waals surface area (Å²) in [5, 5.41) is 8.74. The molecule has 0 aliphatic heterocycles.